The van der Waals surface area contributed by atoms with Crippen molar-refractivity contribution in [1.82, 2.24) is 10.9 Å². The van der Waals surface area contributed by atoms with Gasteiger partial charge in [0.05, 0.1) is 5.69 Å². The molecule has 3 N–H and O–H groups in total. The van der Waals surface area contributed by atoms with Gasteiger partial charge in [0, 0.05) is 10.5 Å². The van der Waals surface area contributed by atoms with E-state index in [1.807, 2.05) is 6.92 Å². The Bertz CT molecular complexity index is 720. The van der Waals surface area contributed by atoms with Gasteiger partial charge in [0.25, 0.3) is 0 Å². The van der Waals surface area contributed by atoms with E-state index in [-0.39, 0.29) is 23.8 Å². The number of hydrazine groups is 1. The van der Waals surface area contributed by atoms with Crippen molar-refractivity contribution in [3.63, 3.8) is 0 Å². The standard InChI is InChI=1S/C17H17BrFN3O/c1-10-2-4-11(5-3-10)15-9-16(22-21-15)17(23)20-14-7-6-12(19)8-13(14)18/h2-8,15-16,21-22H,9H2,1H3,(H,20,23). The Morgan fingerprint density at radius 2 is 1.96 bits per heavy atom. The molecular weight excluding hydrogens is 361 g/mol. The van der Waals surface area contributed by atoms with Crippen molar-refractivity contribution in [2.24, 2.45) is 0 Å². The summed E-state index contributed by atoms with van der Waals surface area (Å²) in [6.45, 7) is 2.04. The fourth-order valence-electron chi connectivity index (χ4n) is 2.56. The number of anilines is 1. The zero-order chi connectivity index (χ0) is 16.4. The molecule has 1 amide bonds. The largest absolute Gasteiger partial charge is 0.324 e. The molecule has 0 spiro atoms. The molecule has 1 aliphatic heterocycles. The van der Waals surface area contributed by atoms with Crippen molar-refractivity contribution in [2.45, 2.75) is 25.4 Å². The van der Waals surface area contributed by atoms with Crippen LogP contribution >= 0.6 is 15.9 Å². The van der Waals surface area contributed by atoms with E-state index in [2.05, 4.69) is 56.4 Å². The van der Waals surface area contributed by atoms with Crippen LogP contribution in [0.25, 0.3) is 0 Å². The van der Waals surface area contributed by atoms with Gasteiger partial charge in [0.2, 0.25) is 5.91 Å². The van der Waals surface area contributed by atoms with E-state index >= 15 is 0 Å². The van der Waals surface area contributed by atoms with E-state index in [1.165, 1.54) is 23.8 Å². The number of aryl methyl sites for hydroxylation is 1. The van der Waals surface area contributed by atoms with Crippen molar-refractivity contribution in [2.75, 3.05) is 5.32 Å². The molecule has 2 unspecified atom stereocenters. The van der Waals surface area contributed by atoms with Crippen LogP contribution in [0.2, 0.25) is 0 Å². The number of benzene rings is 2. The SMILES string of the molecule is Cc1ccc(C2CC(C(=O)Nc3ccc(F)cc3Br)NN2)cc1. The molecule has 2 atom stereocenters. The number of hydrogen-bond donors (Lipinski definition) is 3. The predicted octanol–water partition coefficient (Wildman–Crippen LogP) is 3.44. The highest BCUT2D eigenvalue weighted by Crippen LogP contribution is 2.26. The highest BCUT2D eigenvalue weighted by Gasteiger charge is 2.30. The second-order valence-electron chi connectivity index (χ2n) is 5.65. The molecule has 0 bridgehead atoms. The van der Waals surface area contributed by atoms with Crippen LogP contribution in [0.3, 0.4) is 0 Å². The Balaban J connectivity index is 1.64. The van der Waals surface area contributed by atoms with Crippen LogP contribution in [0.5, 0.6) is 0 Å². The molecule has 1 saturated heterocycles. The van der Waals surface area contributed by atoms with Gasteiger partial charge in [0.15, 0.2) is 0 Å². The molecule has 1 heterocycles. The van der Waals surface area contributed by atoms with Crippen molar-refractivity contribution >= 4 is 27.5 Å². The van der Waals surface area contributed by atoms with Gasteiger partial charge in [-0.25, -0.2) is 15.2 Å². The number of carbonyl (C=O) groups is 1. The molecule has 0 saturated carbocycles. The van der Waals surface area contributed by atoms with E-state index in [9.17, 15) is 9.18 Å². The van der Waals surface area contributed by atoms with Gasteiger partial charge >= 0.3 is 0 Å². The maximum absolute atomic E-state index is 13.1. The monoisotopic (exact) mass is 377 g/mol. The van der Waals surface area contributed by atoms with Gasteiger partial charge in [-0.05, 0) is 53.0 Å². The van der Waals surface area contributed by atoms with Crippen LogP contribution in [0.15, 0.2) is 46.9 Å². The average Bonchev–Trinajstić information content (AvgIpc) is 3.01. The second kappa shape index (κ2) is 6.78. The van der Waals surface area contributed by atoms with E-state index in [0.29, 0.717) is 16.6 Å². The van der Waals surface area contributed by atoms with Crippen LogP contribution in [0.1, 0.15) is 23.6 Å². The number of halogens is 2. The molecular formula is C17H17BrFN3O. The Morgan fingerprint density at radius 3 is 2.65 bits per heavy atom. The number of nitrogens with one attached hydrogen (secondary N) is 3. The number of amides is 1. The molecule has 2 aromatic carbocycles. The van der Waals surface area contributed by atoms with Gasteiger partial charge in [-0.1, -0.05) is 29.8 Å². The summed E-state index contributed by atoms with van der Waals surface area (Å²) in [6.07, 6.45) is 0.647. The minimum absolute atomic E-state index is 0.0861. The Kier molecular flexibility index (Phi) is 4.75. The molecule has 1 fully saturated rings. The average molecular weight is 378 g/mol. The molecule has 0 radical (unpaired) electrons. The van der Waals surface area contributed by atoms with Crippen LogP contribution in [-0.4, -0.2) is 11.9 Å². The van der Waals surface area contributed by atoms with E-state index < -0.39 is 0 Å². The summed E-state index contributed by atoms with van der Waals surface area (Å²) < 4.78 is 13.6. The summed E-state index contributed by atoms with van der Waals surface area (Å²) >= 11 is 3.25. The first-order valence-electron chi connectivity index (χ1n) is 7.36. The van der Waals surface area contributed by atoms with E-state index in [0.717, 1.165) is 5.56 Å². The first-order chi connectivity index (χ1) is 11.0. The smallest absolute Gasteiger partial charge is 0.242 e. The van der Waals surface area contributed by atoms with Gasteiger partial charge in [-0.3, -0.25) is 4.79 Å². The predicted molar refractivity (Wildman–Crippen MR) is 91.3 cm³/mol. The number of carbonyl (C=O) groups excluding carboxylic acids is 1. The highest BCUT2D eigenvalue weighted by molar-refractivity contribution is 9.10. The number of hydrogen-bond acceptors (Lipinski definition) is 3. The van der Waals surface area contributed by atoms with Crippen molar-refractivity contribution in [3.05, 3.63) is 63.9 Å². The van der Waals surface area contributed by atoms with Crippen molar-refractivity contribution < 1.29 is 9.18 Å². The maximum atomic E-state index is 13.1. The van der Waals surface area contributed by atoms with E-state index in [1.54, 1.807) is 0 Å². The Morgan fingerprint density at radius 1 is 1.22 bits per heavy atom. The lowest BCUT2D eigenvalue weighted by atomic mass is 10.0. The zero-order valence-corrected chi connectivity index (χ0v) is 14.2. The molecule has 4 nitrogen and oxygen atoms in total. The van der Waals surface area contributed by atoms with Gasteiger partial charge in [-0.2, -0.15) is 0 Å². The summed E-state index contributed by atoms with van der Waals surface area (Å²) in [6, 6.07) is 12.1. The fourth-order valence-corrected chi connectivity index (χ4v) is 3.01. The highest BCUT2D eigenvalue weighted by atomic mass is 79.9. The fraction of sp³-hybridized carbons (Fsp3) is 0.235. The number of rotatable bonds is 3. The van der Waals surface area contributed by atoms with Crippen molar-refractivity contribution in [1.29, 1.82) is 0 Å². The van der Waals surface area contributed by atoms with Crippen LogP contribution < -0.4 is 16.2 Å². The molecule has 23 heavy (non-hydrogen) atoms. The third-order valence-corrected chi connectivity index (χ3v) is 4.54. The minimum atomic E-state index is -0.352. The maximum Gasteiger partial charge on any atom is 0.242 e. The van der Waals surface area contributed by atoms with Crippen LogP contribution in [0.4, 0.5) is 10.1 Å². The topological polar surface area (TPSA) is 53.2 Å². The summed E-state index contributed by atoms with van der Waals surface area (Å²) in [7, 11) is 0. The molecule has 120 valence electrons. The lowest BCUT2D eigenvalue weighted by Gasteiger charge is -2.12. The molecule has 3 rings (SSSR count). The summed E-state index contributed by atoms with van der Waals surface area (Å²) in [5.74, 6) is -0.505. The minimum Gasteiger partial charge on any atom is -0.324 e. The molecule has 0 aliphatic carbocycles. The molecule has 2 aromatic rings. The Labute approximate surface area is 142 Å². The summed E-state index contributed by atoms with van der Waals surface area (Å²) in [5, 5.41) is 2.81. The third-order valence-electron chi connectivity index (χ3n) is 3.89. The normalized spacial score (nSPS) is 20.5. The third kappa shape index (κ3) is 3.77. The zero-order valence-electron chi connectivity index (χ0n) is 12.6. The van der Waals surface area contributed by atoms with Crippen LogP contribution in [-0.2, 0) is 4.79 Å². The lowest BCUT2D eigenvalue weighted by molar-refractivity contribution is -0.117. The molecule has 1 aliphatic rings. The quantitative estimate of drug-likeness (QED) is 0.767. The van der Waals surface area contributed by atoms with Gasteiger partial charge < -0.3 is 5.32 Å². The first kappa shape index (κ1) is 16.1. The second-order valence-corrected chi connectivity index (χ2v) is 6.51. The summed E-state index contributed by atoms with van der Waals surface area (Å²) in [5.41, 5.74) is 9.07. The molecule has 6 heteroatoms. The van der Waals surface area contributed by atoms with Gasteiger partial charge in [0.1, 0.15) is 11.9 Å². The lowest BCUT2D eigenvalue weighted by Crippen LogP contribution is -2.39. The first-order valence-corrected chi connectivity index (χ1v) is 8.16. The van der Waals surface area contributed by atoms with E-state index in [4.69, 9.17) is 0 Å². The van der Waals surface area contributed by atoms with Gasteiger partial charge in [-0.15, -0.1) is 0 Å². The summed E-state index contributed by atoms with van der Waals surface area (Å²) in [4.78, 5) is 12.4. The molecule has 0 aromatic heterocycles. The van der Waals surface area contributed by atoms with Crippen LogP contribution in [0, 0.1) is 12.7 Å². The Hall–Kier alpha value is -1.76. The van der Waals surface area contributed by atoms with Crippen molar-refractivity contribution in [3.8, 4) is 0 Å².